The lowest BCUT2D eigenvalue weighted by atomic mass is 9.94. The Morgan fingerprint density at radius 1 is 0.966 bits per heavy atom. The topological polar surface area (TPSA) is 66.9 Å². The minimum absolute atomic E-state index is 0.0704. The molecule has 29 heavy (non-hydrogen) atoms. The van der Waals surface area contributed by atoms with E-state index in [0.717, 1.165) is 25.7 Å². The summed E-state index contributed by atoms with van der Waals surface area (Å²) < 4.78 is 32.5. The molecule has 0 bridgehead atoms. The number of hydrogen-bond donors (Lipinski definition) is 0. The van der Waals surface area contributed by atoms with Crippen molar-refractivity contribution >= 4 is 21.6 Å². The zero-order chi connectivity index (χ0) is 21.0. The molecular weight excluding hydrogens is 388 g/mol. The number of hydrogen-bond acceptors (Lipinski definition) is 4. The maximum atomic E-state index is 13.0. The highest BCUT2D eigenvalue weighted by Crippen LogP contribution is 2.31. The Kier molecular flexibility index (Phi) is 6.47. The van der Waals surface area contributed by atoms with E-state index in [9.17, 15) is 13.2 Å². The molecule has 0 N–H and O–H groups in total. The van der Waals surface area contributed by atoms with Gasteiger partial charge in [-0.15, -0.1) is 0 Å². The first-order chi connectivity index (χ1) is 13.9. The van der Waals surface area contributed by atoms with Gasteiger partial charge in [0.15, 0.2) is 0 Å². The van der Waals surface area contributed by atoms with E-state index in [1.54, 1.807) is 41.3 Å². The summed E-state index contributed by atoms with van der Waals surface area (Å²) in [4.78, 5) is 14.7. The second-order valence-corrected chi connectivity index (χ2v) is 9.35. The molecule has 0 aliphatic heterocycles. The first kappa shape index (κ1) is 21.2. The molecule has 0 saturated heterocycles. The Morgan fingerprint density at radius 2 is 1.59 bits per heavy atom. The van der Waals surface area contributed by atoms with Crippen molar-refractivity contribution in [2.75, 3.05) is 25.5 Å². The maximum absolute atomic E-state index is 13.0. The van der Waals surface area contributed by atoms with Gasteiger partial charge in [0.25, 0.3) is 15.9 Å². The molecule has 3 rings (SSSR count). The van der Waals surface area contributed by atoms with Crippen molar-refractivity contribution in [2.45, 2.75) is 43.0 Å². The van der Waals surface area contributed by atoms with Gasteiger partial charge in [0.05, 0.1) is 17.7 Å². The van der Waals surface area contributed by atoms with Gasteiger partial charge in [-0.2, -0.15) is 0 Å². The Balaban J connectivity index is 1.80. The molecule has 1 saturated carbocycles. The van der Waals surface area contributed by atoms with Crippen LogP contribution in [0.2, 0.25) is 0 Å². The second-order valence-electron chi connectivity index (χ2n) is 7.38. The van der Waals surface area contributed by atoms with Gasteiger partial charge in [-0.3, -0.25) is 9.10 Å². The summed E-state index contributed by atoms with van der Waals surface area (Å²) in [5, 5.41) is 0. The molecule has 7 heteroatoms. The van der Waals surface area contributed by atoms with Crippen molar-refractivity contribution in [3.8, 4) is 5.75 Å². The van der Waals surface area contributed by atoms with Gasteiger partial charge in [0, 0.05) is 25.7 Å². The SMILES string of the molecule is COc1ccccc1N(C)S(=O)(=O)c1ccc(C(=O)N(C)C2CCCCC2)cc1. The van der Waals surface area contributed by atoms with Gasteiger partial charge >= 0.3 is 0 Å². The number of rotatable bonds is 6. The normalized spacial score (nSPS) is 15.0. The molecule has 1 aliphatic carbocycles. The minimum atomic E-state index is -3.78. The highest BCUT2D eigenvalue weighted by Gasteiger charge is 2.26. The predicted molar refractivity (Wildman–Crippen MR) is 114 cm³/mol. The Morgan fingerprint density at radius 3 is 2.21 bits per heavy atom. The van der Waals surface area contributed by atoms with Crippen LogP contribution in [0.5, 0.6) is 5.75 Å². The molecule has 0 heterocycles. The van der Waals surface area contributed by atoms with Crippen LogP contribution in [0.1, 0.15) is 42.5 Å². The standard InChI is InChI=1S/C22H28N2O4S/c1-23(18-9-5-4-6-10-18)22(25)17-13-15-19(16-14-17)29(26,27)24(2)20-11-7-8-12-21(20)28-3/h7-8,11-16,18H,4-6,9-10H2,1-3H3. The molecule has 0 radical (unpaired) electrons. The van der Waals surface area contributed by atoms with E-state index in [-0.39, 0.29) is 16.8 Å². The number of nitrogens with zero attached hydrogens (tertiary/aromatic N) is 2. The maximum Gasteiger partial charge on any atom is 0.264 e. The minimum Gasteiger partial charge on any atom is -0.495 e. The number of anilines is 1. The molecule has 0 atom stereocenters. The summed E-state index contributed by atoms with van der Waals surface area (Å²) in [6.07, 6.45) is 5.57. The Bertz CT molecular complexity index is 951. The third kappa shape index (κ3) is 4.40. The fourth-order valence-corrected chi connectivity index (χ4v) is 4.99. The van der Waals surface area contributed by atoms with Gasteiger partial charge in [-0.25, -0.2) is 8.42 Å². The van der Waals surface area contributed by atoms with E-state index < -0.39 is 10.0 Å². The monoisotopic (exact) mass is 416 g/mol. The van der Waals surface area contributed by atoms with Crippen molar-refractivity contribution < 1.29 is 17.9 Å². The lowest BCUT2D eigenvalue weighted by Gasteiger charge is -2.31. The van der Waals surface area contributed by atoms with E-state index in [0.29, 0.717) is 17.0 Å². The van der Waals surface area contributed by atoms with Crippen molar-refractivity contribution in [1.82, 2.24) is 4.90 Å². The highest BCUT2D eigenvalue weighted by atomic mass is 32.2. The first-order valence-corrected chi connectivity index (χ1v) is 11.3. The molecule has 0 spiro atoms. The van der Waals surface area contributed by atoms with Crippen LogP contribution in [0.25, 0.3) is 0 Å². The molecule has 1 amide bonds. The van der Waals surface area contributed by atoms with Gasteiger partial charge in [-0.1, -0.05) is 31.4 Å². The largest absolute Gasteiger partial charge is 0.495 e. The first-order valence-electron chi connectivity index (χ1n) is 9.85. The average Bonchev–Trinajstić information content (AvgIpc) is 2.78. The summed E-state index contributed by atoms with van der Waals surface area (Å²) in [7, 11) is 1.04. The average molecular weight is 417 g/mol. The number of carbonyl (C=O) groups excluding carboxylic acids is 1. The van der Waals surface area contributed by atoms with Crippen LogP contribution in [0.3, 0.4) is 0 Å². The third-order valence-corrected chi connectivity index (χ3v) is 7.41. The molecule has 2 aromatic rings. The van der Waals surface area contributed by atoms with Crippen LogP contribution >= 0.6 is 0 Å². The number of ether oxygens (including phenoxy) is 1. The second kappa shape index (κ2) is 8.86. The van der Waals surface area contributed by atoms with Crippen LogP contribution < -0.4 is 9.04 Å². The lowest BCUT2D eigenvalue weighted by Crippen LogP contribution is -2.38. The Labute approximate surface area is 173 Å². The molecule has 1 aliphatic rings. The van der Waals surface area contributed by atoms with E-state index in [1.807, 2.05) is 7.05 Å². The summed E-state index contributed by atoms with van der Waals surface area (Å²) >= 11 is 0. The van der Waals surface area contributed by atoms with Gasteiger partial charge in [0.1, 0.15) is 5.75 Å². The molecule has 0 unspecified atom stereocenters. The third-order valence-electron chi connectivity index (χ3n) is 5.63. The van der Waals surface area contributed by atoms with E-state index >= 15 is 0 Å². The molecule has 2 aromatic carbocycles. The summed E-state index contributed by atoms with van der Waals surface area (Å²) in [6.45, 7) is 0. The summed E-state index contributed by atoms with van der Waals surface area (Å²) in [5.41, 5.74) is 0.948. The Hall–Kier alpha value is -2.54. The zero-order valence-corrected chi connectivity index (χ0v) is 18.0. The number of methoxy groups -OCH3 is 1. The van der Waals surface area contributed by atoms with Gasteiger partial charge in [-0.05, 0) is 49.2 Å². The molecule has 6 nitrogen and oxygen atoms in total. The van der Waals surface area contributed by atoms with Crippen molar-refractivity contribution in [3.05, 3.63) is 54.1 Å². The van der Waals surface area contributed by atoms with Crippen molar-refractivity contribution in [3.63, 3.8) is 0 Å². The van der Waals surface area contributed by atoms with Crippen LogP contribution in [-0.2, 0) is 10.0 Å². The molecule has 0 aromatic heterocycles. The number of sulfonamides is 1. The molecule has 156 valence electrons. The summed E-state index contributed by atoms with van der Waals surface area (Å²) in [5.74, 6) is 0.401. The predicted octanol–water partition coefficient (Wildman–Crippen LogP) is 3.93. The quantitative estimate of drug-likeness (QED) is 0.716. The van der Waals surface area contributed by atoms with Crippen LogP contribution in [0.15, 0.2) is 53.4 Å². The fraction of sp³-hybridized carbons (Fsp3) is 0.409. The number of para-hydroxylation sites is 2. The van der Waals surface area contributed by atoms with Gasteiger partial charge in [0.2, 0.25) is 0 Å². The molecular formula is C22H28N2O4S. The van der Waals surface area contributed by atoms with E-state index in [2.05, 4.69) is 0 Å². The zero-order valence-electron chi connectivity index (χ0n) is 17.2. The van der Waals surface area contributed by atoms with Gasteiger partial charge < -0.3 is 9.64 Å². The lowest BCUT2D eigenvalue weighted by molar-refractivity contribution is 0.0696. The van der Waals surface area contributed by atoms with Crippen molar-refractivity contribution in [2.24, 2.45) is 0 Å². The molecule has 1 fully saturated rings. The summed E-state index contributed by atoms with van der Waals surface area (Å²) in [6, 6.07) is 13.4. The van der Waals surface area contributed by atoms with Crippen LogP contribution in [0, 0.1) is 0 Å². The van der Waals surface area contributed by atoms with Crippen LogP contribution in [0.4, 0.5) is 5.69 Å². The fourth-order valence-electron chi connectivity index (χ4n) is 3.78. The number of carbonyl (C=O) groups is 1. The van der Waals surface area contributed by atoms with Crippen molar-refractivity contribution in [1.29, 1.82) is 0 Å². The van der Waals surface area contributed by atoms with E-state index in [4.69, 9.17) is 4.74 Å². The van der Waals surface area contributed by atoms with E-state index in [1.165, 1.54) is 37.0 Å². The smallest absolute Gasteiger partial charge is 0.264 e. The highest BCUT2D eigenvalue weighted by molar-refractivity contribution is 7.92. The number of amides is 1. The number of benzene rings is 2. The van der Waals surface area contributed by atoms with Crippen LogP contribution in [-0.4, -0.2) is 46.5 Å².